The topological polar surface area (TPSA) is 110 Å². The van der Waals surface area contributed by atoms with Crippen molar-refractivity contribution in [1.82, 2.24) is 15.2 Å². The molecule has 2 aromatic rings. The predicted molar refractivity (Wildman–Crippen MR) is 161 cm³/mol. The molecule has 0 unspecified atom stereocenters. The first-order valence-corrected chi connectivity index (χ1v) is 15.4. The van der Waals surface area contributed by atoms with E-state index in [2.05, 4.69) is 46.4 Å². The number of carbonyl (C=O) groups excluding carboxylic acids is 1. The zero-order valence-electron chi connectivity index (χ0n) is 24.6. The lowest BCUT2D eigenvalue weighted by Gasteiger charge is -2.37. The van der Waals surface area contributed by atoms with Gasteiger partial charge in [0.25, 0.3) is 0 Å². The second-order valence-electron chi connectivity index (χ2n) is 12.1. The number of aliphatic hydroxyl groups is 2. The molecule has 2 fully saturated rings. The number of likely N-dealkylation sites (tertiary alicyclic amines) is 1. The molecule has 4 heterocycles. The summed E-state index contributed by atoms with van der Waals surface area (Å²) in [5, 5.41) is 26.9. The summed E-state index contributed by atoms with van der Waals surface area (Å²) >= 11 is 0. The van der Waals surface area contributed by atoms with Crippen molar-refractivity contribution < 1.29 is 19.7 Å². The number of piperidine rings is 1. The number of pyridine rings is 1. The number of aromatic nitrogens is 1. The molecule has 9 nitrogen and oxygen atoms in total. The molecule has 224 valence electrons. The molecule has 1 amide bonds. The minimum absolute atomic E-state index is 0.00485. The molecule has 1 aromatic heterocycles. The maximum Gasteiger partial charge on any atom is 0.224 e. The van der Waals surface area contributed by atoms with E-state index < -0.39 is 12.2 Å². The lowest BCUT2D eigenvalue weighted by Crippen LogP contribution is -2.45. The van der Waals surface area contributed by atoms with Crippen molar-refractivity contribution in [2.24, 2.45) is 5.92 Å². The number of aliphatic hydroxyl groups excluding tert-OH is 1. The molecule has 9 heteroatoms. The van der Waals surface area contributed by atoms with Crippen LogP contribution in [0, 0.1) is 5.92 Å². The van der Waals surface area contributed by atoms with E-state index in [-0.39, 0.29) is 30.6 Å². The summed E-state index contributed by atoms with van der Waals surface area (Å²) in [7, 11) is 0. The van der Waals surface area contributed by atoms with Crippen LogP contribution in [0.2, 0.25) is 0 Å². The van der Waals surface area contributed by atoms with Gasteiger partial charge in [0.2, 0.25) is 5.91 Å². The Balaban J connectivity index is 1.11. The first-order valence-electron chi connectivity index (χ1n) is 15.4. The van der Waals surface area contributed by atoms with Crippen LogP contribution in [0.15, 0.2) is 36.4 Å². The van der Waals surface area contributed by atoms with E-state index in [0.29, 0.717) is 0 Å². The third-order valence-electron chi connectivity index (χ3n) is 8.67. The average Bonchev–Trinajstić information content (AvgIpc) is 2.97. The summed E-state index contributed by atoms with van der Waals surface area (Å²) < 4.78 is 5.87. The number of nitrogens with zero attached hydrogens (tertiary/aromatic N) is 3. The Morgan fingerprint density at radius 2 is 1.98 bits per heavy atom. The highest BCUT2D eigenvalue weighted by Gasteiger charge is 2.28. The fourth-order valence-corrected chi connectivity index (χ4v) is 6.56. The SMILES string of the molecule is C[C@@H]1CN(c2cccc([C@@H](CNC(=O)[C@@H]3CCCN(CCCc4ccc5c(n4)NCCC5)C3)C(O)O)c2)C[C@H](C)O1. The van der Waals surface area contributed by atoms with Crippen LogP contribution >= 0.6 is 0 Å². The number of carbonyl (C=O) groups is 1. The Bertz CT molecular complexity index is 1150. The minimum Gasteiger partial charge on any atom is -0.372 e. The Morgan fingerprint density at radius 1 is 1.15 bits per heavy atom. The van der Waals surface area contributed by atoms with Crippen molar-refractivity contribution in [3.8, 4) is 0 Å². The molecular formula is C32H47N5O4. The van der Waals surface area contributed by atoms with Gasteiger partial charge in [0, 0.05) is 44.1 Å². The third kappa shape index (κ3) is 7.97. The van der Waals surface area contributed by atoms with Gasteiger partial charge >= 0.3 is 0 Å². The Morgan fingerprint density at radius 3 is 2.78 bits per heavy atom. The summed E-state index contributed by atoms with van der Waals surface area (Å²) in [5.74, 6) is 0.351. The highest BCUT2D eigenvalue weighted by atomic mass is 16.5. The minimum atomic E-state index is -1.57. The van der Waals surface area contributed by atoms with Crippen molar-refractivity contribution in [1.29, 1.82) is 0 Å². The molecule has 0 saturated carbocycles. The third-order valence-corrected chi connectivity index (χ3v) is 8.67. The van der Waals surface area contributed by atoms with Gasteiger partial charge in [-0.05, 0) is 94.8 Å². The van der Waals surface area contributed by atoms with Crippen LogP contribution in [-0.2, 0) is 22.4 Å². The molecule has 2 saturated heterocycles. The van der Waals surface area contributed by atoms with Crippen molar-refractivity contribution in [2.45, 2.75) is 76.8 Å². The van der Waals surface area contributed by atoms with E-state index >= 15 is 0 Å². The number of hydrogen-bond donors (Lipinski definition) is 4. The van der Waals surface area contributed by atoms with Crippen molar-refractivity contribution in [3.05, 3.63) is 53.2 Å². The van der Waals surface area contributed by atoms with Gasteiger partial charge < -0.3 is 35.4 Å². The van der Waals surface area contributed by atoms with Crippen molar-refractivity contribution in [3.63, 3.8) is 0 Å². The number of benzene rings is 1. The fourth-order valence-electron chi connectivity index (χ4n) is 6.56. The van der Waals surface area contributed by atoms with Gasteiger partial charge in [-0.15, -0.1) is 0 Å². The van der Waals surface area contributed by atoms with Crippen LogP contribution in [-0.4, -0.2) is 90.3 Å². The number of amides is 1. The molecule has 1 aromatic carbocycles. The van der Waals surface area contributed by atoms with Crippen LogP contribution in [0.4, 0.5) is 11.5 Å². The standard InChI is InChI=1S/C32H47N5O4/c1-22-19-37(20-23(2)41-22)28-11-3-7-25(17-28)29(32(39)40)18-34-31(38)26-9-5-15-36(21-26)16-6-10-27-13-12-24-8-4-14-33-30(24)35-27/h3,7,11-13,17,22-23,26,29,32,39-40H,4-6,8-10,14-16,18-21H2,1-2H3,(H,33,35)(H,34,38)/t22-,23+,26-,29-/m1/s1. The second-order valence-corrected chi connectivity index (χ2v) is 12.1. The maximum atomic E-state index is 13.2. The molecule has 0 radical (unpaired) electrons. The van der Waals surface area contributed by atoms with Crippen LogP contribution in [0.5, 0.6) is 0 Å². The highest BCUT2D eigenvalue weighted by molar-refractivity contribution is 5.79. The van der Waals surface area contributed by atoms with Gasteiger partial charge in [-0.3, -0.25) is 4.79 Å². The number of hydrogen-bond acceptors (Lipinski definition) is 8. The average molecular weight is 566 g/mol. The monoisotopic (exact) mass is 565 g/mol. The molecule has 41 heavy (non-hydrogen) atoms. The Kier molecular flexibility index (Phi) is 10.1. The molecule has 0 bridgehead atoms. The van der Waals surface area contributed by atoms with Gasteiger partial charge in [0.15, 0.2) is 6.29 Å². The number of morpholine rings is 1. The van der Waals surface area contributed by atoms with Gasteiger partial charge in [-0.25, -0.2) is 4.98 Å². The Labute approximate surface area is 244 Å². The zero-order valence-corrected chi connectivity index (χ0v) is 24.6. The normalized spacial score (nSPS) is 24.0. The summed E-state index contributed by atoms with van der Waals surface area (Å²) in [6.07, 6.45) is 4.75. The first-order chi connectivity index (χ1) is 19.9. The van der Waals surface area contributed by atoms with Crippen molar-refractivity contribution in [2.75, 3.05) is 56.0 Å². The number of fused-ring (bicyclic) bond motifs is 1. The Hall–Kier alpha value is -2.72. The first kappa shape index (κ1) is 29.8. The fraction of sp³-hybridized carbons (Fsp3) is 0.625. The molecule has 0 spiro atoms. The summed E-state index contributed by atoms with van der Waals surface area (Å²) in [4.78, 5) is 22.7. The van der Waals surface area contributed by atoms with Gasteiger partial charge in [0.05, 0.1) is 24.0 Å². The zero-order chi connectivity index (χ0) is 28.8. The molecular weight excluding hydrogens is 518 g/mol. The molecule has 5 rings (SSSR count). The van der Waals surface area contributed by atoms with Crippen LogP contribution in [0.25, 0.3) is 0 Å². The maximum absolute atomic E-state index is 13.2. The lowest BCUT2D eigenvalue weighted by atomic mass is 9.95. The lowest BCUT2D eigenvalue weighted by molar-refractivity contribution is -0.127. The highest BCUT2D eigenvalue weighted by Crippen LogP contribution is 2.27. The second kappa shape index (κ2) is 14.0. The van der Waals surface area contributed by atoms with E-state index in [4.69, 9.17) is 9.72 Å². The number of rotatable bonds is 10. The van der Waals surface area contributed by atoms with E-state index in [1.54, 1.807) is 0 Å². The van der Waals surface area contributed by atoms with Gasteiger partial charge in [0.1, 0.15) is 5.82 Å². The van der Waals surface area contributed by atoms with Gasteiger partial charge in [-0.2, -0.15) is 0 Å². The molecule has 3 aliphatic rings. The summed E-state index contributed by atoms with van der Waals surface area (Å²) in [5.41, 5.74) is 4.28. The van der Waals surface area contributed by atoms with E-state index in [9.17, 15) is 15.0 Å². The molecule has 4 atom stereocenters. The summed E-state index contributed by atoms with van der Waals surface area (Å²) in [6.45, 7) is 9.58. The quantitative estimate of drug-likeness (QED) is 0.326. The number of nitrogens with one attached hydrogen (secondary N) is 2. The summed E-state index contributed by atoms with van der Waals surface area (Å²) in [6, 6.07) is 12.3. The van der Waals surface area contributed by atoms with Crippen LogP contribution < -0.4 is 15.5 Å². The molecule has 4 N–H and O–H groups in total. The van der Waals surface area contributed by atoms with E-state index in [1.165, 1.54) is 12.0 Å². The smallest absolute Gasteiger partial charge is 0.224 e. The van der Waals surface area contributed by atoms with Gasteiger partial charge in [-0.1, -0.05) is 18.2 Å². The number of ether oxygens (including phenoxy) is 1. The van der Waals surface area contributed by atoms with Crippen LogP contribution in [0.1, 0.15) is 62.3 Å². The number of anilines is 2. The van der Waals surface area contributed by atoms with E-state index in [0.717, 1.165) is 94.1 Å². The van der Waals surface area contributed by atoms with Crippen LogP contribution in [0.3, 0.4) is 0 Å². The molecule has 3 aliphatic heterocycles. The predicted octanol–water partition coefficient (Wildman–Crippen LogP) is 2.91. The van der Waals surface area contributed by atoms with E-state index in [1.807, 2.05) is 24.3 Å². The molecule has 0 aliphatic carbocycles. The largest absolute Gasteiger partial charge is 0.372 e. The van der Waals surface area contributed by atoms with Crippen molar-refractivity contribution >= 4 is 17.4 Å². The number of aryl methyl sites for hydroxylation is 2.